The van der Waals surface area contributed by atoms with E-state index >= 15 is 0 Å². The van der Waals surface area contributed by atoms with E-state index in [-0.39, 0.29) is 5.91 Å². The number of piperazine rings is 1. The zero-order chi connectivity index (χ0) is 18.8. The molecule has 1 aromatic rings. The molecular formula is C18H28N2O3S2. The number of aryl methyl sites for hydroxylation is 2. The summed E-state index contributed by atoms with van der Waals surface area (Å²) in [6.45, 7) is 9.29. The van der Waals surface area contributed by atoms with Crippen molar-refractivity contribution in [2.24, 2.45) is 0 Å². The van der Waals surface area contributed by atoms with Crippen LogP contribution in [-0.4, -0.2) is 61.7 Å². The second-order valence-electron chi connectivity index (χ2n) is 6.62. The third-order valence-corrected chi connectivity index (χ3v) is 7.79. The molecule has 1 saturated heterocycles. The predicted molar refractivity (Wildman–Crippen MR) is 104 cm³/mol. The lowest BCUT2D eigenvalue weighted by Crippen LogP contribution is -2.50. The van der Waals surface area contributed by atoms with E-state index < -0.39 is 10.0 Å². The maximum absolute atomic E-state index is 13.2. The van der Waals surface area contributed by atoms with Crippen molar-refractivity contribution < 1.29 is 13.2 Å². The zero-order valence-electron chi connectivity index (χ0n) is 15.8. The smallest absolute Gasteiger partial charge is 0.243 e. The number of benzene rings is 1. The molecule has 1 aliphatic rings. The minimum Gasteiger partial charge on any atom is -0.340 e. The van der Waals surface area contributed by atoms with Gasteiger partial charge in [-0.3, -0.25) is 4.79 Å². The number of carbonyl (C=O) groups is 1. The van der Waals surface area contributed by atoms with Crippen LogP contribution in [0.5, 0.6) is 0 Å². The monoisotopic (exact) mass is 384 g/mol. The molecule has 1 fully saturated rings. The molecule has 5 nitrogen and oxygen atoms in total. The van der Waals surface area contributed by atoms with Crippen molar-refractivity contribution in [3.8, 4) is 0 Å². The van der Waals surface area contributed by atoms with Gasteiger partial charge in [-0.25, -0.2) is 8.42 Å². The highest BCUT2D eigenvalue weighted by Gasteiger charge is 2.32. The van der Waals surface area contributed by atoms with Gasteiger partial charge in [-0.1, -0.05) is 6.07 Å². The maximum atomic E-state index is 13.2. The molecule has 140 valence electrons. The highest BCUT2D eigenvalue weighted by atomic mass is 32.2. The van der Waals surface area contributed by atoms with E-state index in [0.29, 0.717) is 37.5 Å². The molecule has 25 heavy (non-hydrogen) atoms. The molecule has 0 saturated carbocycles. The molecule has 0 unspecified atom stereocenters. The van der Waals surface area contributed by atoms with Crippen molar-refractivity contribution in [3.63, 3.8) is 0 Å². The average Bonchev–Trinajstić information content (AvgIpc) is 2.58. The first-order valence-corrected chi connectivity index (χ1v) is 11.4. The molecule has 7 heteroatoms. The van der Waals surface area contributed by atoms with Gasteiger partial charge in [0.15, 0.2) is 0 Å². The number of sulfonamides is 1. The number of thioether (sulfide) groups is 1. The van der Waals surface area contributed by atoms with Crippen LogP contribution in [0.15, 0.2) is 11.0 Å². The Labute approximate surface area is 155 Å². The lowest BCUT2D eigenvalue weighted by molar-refractivity contribution is -0.131. The van der Waals surface area contributed by atoms with Crippen LogP contribution < -0.4 is 0 Å². The molecule has 0 bridgehead atoms. The molecule has 2 rings (SSSR count). The standard InChI is InChI=1S/C18H28N2O3S2/c1-13-12-14(2)16(4)18(15(13)3)25(22,23)20-9-7-19(8-10-20)17(21)6-11-24-5/h12H,6-11H2,1-5H3. The Morgan fingerprint density at radius 3 is 2.04 bits per heavy atom. The van der Waals surface area contributed by atoms with Crippen molar-refractivity contribution in [2.75, 3.05) is 38.2 Å². The Kier molecular flexibility index (Phi) is 6.56. The van der Waals surface area contributed by atoms with Crippen LogP contribution in [0.4, 0.5) is 0 Å². The molecule has 0 aliphatic carbocycles. The Hall–Kier alpha value is -1.05. The first-order chi connectivity index (χ1) is 11.7. The van der Waals surface area contributed by atoms with Crippen molar-refractivity contribution in [1.29, 1.82) is 0 Å². The molecule has 0 radical (unpaired) electrons. The summed E-state index contributed by atoms with van der Waals surface area (Å²) in [6.07, 6.45) is 2.50. The second-order valence-corrected chi connectivity index (χ2v) is 9.48. The average molecular weight is 385 g/mol. The minimum atomic E-state index is -3.54. The van der Waals surface area contributed by atoms with Gasteiger partial charge in [0.25, 0.3) is 0 Å². The van der Waals surface area contributed by atoms with E-state index in [0.717, 1.165) is 28.0 Å². The summed E-state index contributed by atoms with van der Waals surface area (Å²) in [5.74, 6) is 0.920. The number of rotatable bonds is 5. The first-order valence-electron chi connectivity index (χ1n) is 8.54. The van der Waals surface area contributed by atoms with Crippen molar-refractivity contribution >= 4 is 27.7 Å². The summed E-state index contributed by atoms with van der Waals surface area (Å²) in [5, 5.41) is 0. The number of hydrogen-bond acceptors (Lipinski definition) is 4. The maximum Gasteiger partial charge on any atom is 0.243 e. The van der Waals surface area contributed by atoms with Crippen LogP contribution in [0.2, 0.25) is 0 Å². The van der Waals surface area contributed by atoms with Crippen LogP contribution in [0.25, 0.3) is 0 Å². The van der Waals surface area contributed by atoms with Gasteiger partial charge in [0.1, 0.15) is 0 Å². The molecule has 1 heterocycles. The Morgan fingerprint density at radius 2 is 1.56 bits per heavy atom. The lowest BCUT2D eigenvalue weighted by atomic mass is 10.0. The van der Waals surface area contributed by atoms with E-state index in [4.69, 9.17) is 0 Å². The number of hydrogen-bond donors (Lipinski definition) is 0. The predicted octanol–water partition coefficient (Wildman–Crippen LogP) is 2.51. The van der Waals surface area contributed by atoms with Crippen LogP contribution in [0, 0.1) is 27.7 Å². The quantitative estimate of drug-likeness (QED) is 0.783. The third-order valence-electron chi connectivity index (χ3n) is 5.01. The van der Waals surface area contributed by atoms with Crippen LogP contribution in [0.1, 0.15) is 28.7 Å². The zero-order valence-corrected chi connectivity index (χ0v) is 17.4. The van der Waals surface area contributed by atoms with E-state index in [9.17, 15) is 13.2 Å². The summed E-state index contributed by atoms with van der Waals surface area (Å²) in [7, 11) is -3.54. The second kappa shape index (κ2) is 8.10. The summed E-state index contributed by atoms with van der Waals surface area (Å²) in [5.41, 5.74) is 3.63. The molecule has 0 atom stereocenters. The van der Waals surface area contributed by atoms with E-state index in [1.165, 1.54) is 4.31 Å². The fourth-order valence-corrected chi connectivity index (χ4v) is 5.60. The Morgan fingerprint density at radius 1 is 1.04 bits per heavy atom. The SMILES string of the molecule is CSCCC(=O)N1CCN(S(=O)(=O)c2c(C)c(C)cc(C)c2C)CC1. The lowest BCUT2D eigenvalue weighted by Gasteiger charge is -2.34. The highest BCUT2D eigenvalue weighted by Crippen LogP contribution is 2.29. The largest absolute Gasteiger partial charge is 0.340 e. The van der Waals surface area contributed by atoms with Gasteiger partial charge in [-0.2, -0.15) is 16.1 Å². The Bertz CT molecular complexity index is 726. The normalized spacial score (nSPS) is 16.3. The summed E-state index contributed by atoms with van der Waals surface area (Å²) in [6, 6.07) is 2.03. The van der Waals surface area contributed by atoms with Gasteiger partial charge >= 0.3 is 0 Å². The number of carbonyl (C=O) groups excluding carboxylic acids is 1. The Balaban J connectivity index is 2.20. The van der Waals surface area contributed by atoms with E-state index in [1.807, 2.05) is 40.0 Å². The van der Waals surface area contributed by atoms with Gasteiger partial charge in [-0.05, 0) is 56.2 Å². The molecule has 1 amide bonds. The van der Waals surface area contributed by atoms with Crippen molar-refractivity contribution in [2.45, 2.75) is 39.0 Å². The summed E-state index contributed by atoms with van der Waals surface area (Å²) < 4.78 is 27.9. The number of nitrogens with zero attached hydrogens (tertiary/aromatic N) is 2. The minimum absolute atomic E-state index is 0.116. The van der Waals surface area contributed by atoms with Crippen molar-refractivity contribution in [1.82, 2.24) is 9.21 Å². The summed E-state index contributed by atoms with van der Waals surface area (Å²) in [4.78, 5) is 14.3. The van der Waals surface area contributed by atoms with Crippen LogP contribution in [-0.2, 0) is 14.8 Å². The van der Waals surface area contributed by atoms with E-state index in [2.05, 4.69) is 0 Å². The molecule has 0 aromatic heterocycles. The van der Waals surface area contributed by atoms with Crippen LogP contribution in [0.3, 0.4) is 0 Å². The molecule has 0 N–H and O–H groups in total. The molecular weight excluding hydrogens is 356 g/mol. The fraction of sp³-hybridized carbons (Fsp3) is 0.611. The van der Waals surface area contributed by atoms with Crippen molar-refractivity contribution in [3.05, 3.63) is 28.3 Å². The van der Waals surface area contributed by atoms with Gasteiger partial charge < -0.3 is 4.90 Å². The fourth-order valence-electron chi connectivity index (χ4n) is 3.22. The van der Waals surface area contributed by atoms with Gasteiger partial charge in [-0.15, -0.1) is 0 Å². The van der Waals surface area contributed by atoms with Gasteiger partial charge in [0.05, 0.1) is 4.90 Å². The van der Waals surface area contributed by atoms with Gasteiger partial charge in [0.2, 0.25) is 15.9 Å². The number of amides is 1. The van der Waals surface area contributed by atoms with Gasteiger partial charge in [0, 0.05) is 38.4 Å². The van der Waals surface area contributed by atoms with Crippen LogP contribution >= 0.6 is 11.8 Å². The molecule has 0 spiro atoms. The highest BCUT2D eigenvalue weighted by molar-refractivity contribution is 7.98. The molecule has 1 aromatic carbocycles. The van der Waals surface area contributed by atoms with E-state index in [1.54, 1.807) is 16.7 Å². The summed E-state index contributed by atoms with van der Waals surface area (Å²) >= 11 is 1.65. The first kappa shape index (κ1) is 20.3. The topological polar surface area (TPSA) is 57.7 Å². The third kappa shape index (κ3) is 4.20. The molecule has 1 aliphatic heterocycles.